The van der Waals surface area contributed by atoms with E-state index < -0.39 is 0 Å². The molecule has 0 aliphatic heterocycles. The molecule has 33 heavy (non-hydrogen) atoms. The highest BCUT2D eigenvalue weighted by molar-refractivity contribution is 6.00. The third-order valence-corrected chi connectivity index (χ3v) is 5.50. The van der Waals surface area contributed by atoms with Crippen molar-refractivity contribution in [3.63, 3.8) is 0 Å². The predicted molar refractivity (Wildman–Crippen MR) is 122 cm³/mol. The van der Waals surface area contributed by atoms with Crippen molar-refractivity contribution in [3.05, 3.63) is 54.2 Å². The highest BCUT2D eigenvalue weighted by atomic mass is 16.5. The fourth-order valence-corrected chi connectivity index (χ4v) is 3.49. The molecule has 2 N–H and O–H groups in total. The molecule has 1 fully saturated rings. The molecule has 0 amide bonds. The largest absolute Gasteiger partial charge is 0.368 e. The number of aromatic nitrogens is 6. The van der Waals surface area contributed by atoms with E-state index in [1.165, 1.54) is 12.8 Å². The van der Waals surface area contributed by atoms with E-state index in [0.717, 1.165) is 12.1 Å². The van der Waals surface area contributed by atoms with Crippen LogP contribution in [0.4, 0.5) is 17.6 Å². The number of hydrogen-bond acceptors (Lipinski definition) is 10. The third kappa shape index (κ3) is 4.54. The Kier molecular flexibility index (Phi) is 5.47. The van der Waals surface area contributed by atoms with Crippen molar-refractivity contribution in [1.82, 2.24) is 30.1 Å². The zero-order valence-electron chi connectivity index (χ0n) is 18.0. The minimum atomic E-state index is 0.0147. The summed E-state index contributed by atoms with van der Waals surface area (Å²) in [5, 5.41) is 4.00. The van der Waals surface area contributed by atoms with Crippen LogP contribution in [0.25, 0.3) is 23.2 Å². The smallest absolute Gasteiger partial charge is 0.277 e. The van der Waals surface area contributed by atoms with Gasteiger partial charge in [-0.25, -0.2) is 0 Å². The number of carbonyl (C=O) groups is 1. The molecule has 0 radical (unpaired) electrons. The lowest BCUT2D eigenvalue weighted by molar-refractivity contribution is 0.0978. The van der Waals surface area contributed by atoms with Crippen LogP contribution in [0.5, 0.6) is 0 Å². The Morgan fingerprint density at radius 2 is 1.88 bits per heavy atom. The minimum Gasteiger partial charge on any atom is -0.368 e. The van der Waals surface area contributed by atoms with E-state index in [2.05, 4.69) is 30.1 Å². The number of pyridine rings is 1. The lowest BCUT2D eigenvalue weighted by Gasteiger charge is -2.17. The van der Waals surface area contributed by atoms with Gasteiger partial charge in [0.1, 0.15) is 5.69 Å². The van der Waals surface area contributed by atoms with E-state index >= 15 is 0 Å². The summed E-state index contributed by atoms with van der Waals surface area (Å²) in [6.45, 7) is 0. The second kappa shape index (κ2) is 8.73. The van der Waals surface area contributed by atoms with Crippen molar-refractivity contribution >= 4 is 23.4 Å². The number of nitrogens with zero attached hydrogens (tertiary/aromatic N) is 7. The number of nitrogens with two attached hydrogens (primary N) is 1. The maximum absolute atomic E-state index is 12.8. The van der Waals surface area contributed by atoms with Gasteiger partial charge in [0.05, 0.1) is 0 Å². The number of anilines is 3. The summed E-state index contributed by atoms with van der Waals surface area (Å²) in [7, 11) is 1.82. The Morgan fingerprint density at radius 3 is 2.67 bits per heavy atom. The molecule has 0 unspecified atom stereocenters. The van der Waals surface area contributed by atoms with Crippen LogP contribution in [-0.2, 0) is 0 Å². The first-order valence-electron chi connectivity index (χ1n) is 10.7. The van der Waals surface area contributed by atoms with Crippen LogP contribution >= 0.6 is 0 Å². The second-order valence-corrected chi connectivity index (χ2v) is 7.94. The summed E-state index contributed by atoms with van der Waals surface area (Å²) in [6.07, 6.45) is 5.37. The zero-order valence-corrected chi connectivity index (χ0v) is 18.0. The SMILES string of the molecule is CN(c1ccccc1)c1nc(N)nc(-c2noc(-c3ncccc3C(=O)CCC3CC3)n2)n1. The van der Waals surface area contributed by atoms with E-state index in [9.17, 15) is 4.79 Å². The van der Waals surface area contributed by atoms with Gasteiger partial charge in [0.15, 0.2) is 5.78 Å². The number of hydrogen-bond donors (Lipinski definition) is 1. The standard InChI is InChI=1S/C23H22N8O2/c1-31(15-6-3-2-4-7-15)23-28-19(27-22(24)29-23)20-26-21(33-30-20)18-16(8-5-13-25-18)17(32)12-11-14-9-10-14/h2-8,13-14H,9-12H2,1H3,(H2,24,27,28,29). The van der Waals surface area contributed by atoms with Gasteiger partial charge in [-0.2, -0.15) is 19.9 Å². The van der Waals surface area contributed by atoms with Crippen LogP contribution in [0, 0.1) is 5.92 Å². The fraction of sp³-hybridized carbons (Fsp3) is 0.261. The Hall–Kier alpha value is -4.21. The van der Waals surface area contributed by atoms with Gasteiger partial charge in [-0.15, -0.1) is 0 Å². The Morgan fingerprint density at radius 1 is 1.06 bits per heavy atom. The lowest BCUT2D eigenvalue weighted by atomic mass is 10.0. The first-order valence-corrected chi connectivity index (χ1v) is 10.7. The number of benzene rings is 1. The molecular weight excluding hydrogens is 420 g/mol. The van der Waals surface area contributed by atoms with Crippen molar-refractivity contribution in [2.24, 2.45) is 5.92 Å². The number of nitrogen functional groups attached to an aromatic ring is 1. The summed E-state index contributed by atoms with van der Waals surface area (Å²) >= 11 is 0. The van der Waals surface area contributed by atoms with Crippen LogP contribution in [0.1, 0.15) is 36.0 Å². The Balaban J connectivity index is 1.44. The highest BCUT2D eigenvalue weighted by Gasteiger charge is 2.25. The lowest BCUT2D eigenvalue weighted by Crippen LogP contribution is -2.15. The summed E-state index contributed by atoms with van der Waals surface area (Å²) in [6, 6.07) is 13.1. The molecule has 1 saturated carbocycles. The normalized spacial score (nSPS) is 13.1. The summed E-state index contributed by atoms with van der Waals surface area (Å²) < 4.78 is 5.43. The molecule has 3 heterocycles. The van der Waals surface area contributed by atoms with E-state index in [4.69, 9.17) is 10.3 Å². The molecule has 166 valence electrons. The van der Waals surface area contributed by atoms with Crippen molar-refractivity contribution < 1.29 is 9.32 Å². The van der Waals surface area contributed by atoms with Crippen LogP contribution in [0.3, 0.4) is 0 Å². The van der Waals surface area contributed by atoms with Gasteiger partial charge in [-0.1, -0.05) is 36.2 Å². The molecule has 5 rings (SSSR count). The van der Waals surface area contributed by atoms with Gasteiger partial charge in [0.25, 0.3) is 5.89 Å². The summed E-state index contributed by atoms with van der Waals surface area (Å²) in [5.41, 5.74) is 7.62. The van der Waals surface area contributed by atoms with Gasteiger partial charge in [-0.05, 0) is 36.6 Å². The molecule has 1 aromatic carbocycles. The summed E-state index contributed by atoms with van der Waals surface area (Å²) in [4.78, 5) is 36.1. The first kappa shape index (κ1) is 20.7. The number of carbonyl (C=O) groups excluding carboxylic acids is 1. The number of para-hydroxylation sites is 1. The summed E-state index contributed by atoms with van der Waals surface area (Å²) in [5.74, 6) is 1.46. The van der Waals surface area contributed by atoms with Crippen LogP contribution in [0.15, 0.2) is 53.2 Å². The number of Topliss-reactive ketones (excluding diaryl/α,β-unsaturated/α-hetero) is 1. The molecule has 4 aromatic rings. The number of rotatable bonds is 8. The Bertz CT molecular complexity index is 1290. The molecule has 1 aliphatic rings. The maximum Gasteiger partial charge on any atom is 0.277 e. The van der Waals surface area contributed by atoms with Gasteiger partial charge in [0.2, 0.25) is 23.5 Å². The highest BCUT2D eigenvalue weighted by Crippen LogP contribution is 2.34. The van der Waals surface area contributed by atoms with Gasteiger partial charge < -0.3 is 15.2 Å². The molecule has 0 bridgehead atoms. The van der Waals surface area contributed by atoms with Crippen LogP contribution in [0.2, 0.25) is 0 Å². The zero-order chi connectivity index (χ0) is 22.8. The third-order valence-electron chi connectivity index (χ3n) is 5.50. The molecule has 0 atom stereocenters. The molecule has 10 heteroatoms. The van der Waals surface area contributed by atoms with E-state index in [-0.39, 0.29) is 29.3 Å². The molecule has 10 nitrogen and oxygen atoms in total. The predicted octanol–water partition coefficient (Wildman–Crippen LogP) is 3.71. The molecular formula is C23H22N8O2. The Labute approximate surface area is 189 Å². The van der Waals surface area contributed by atoms with Gasteiger partial charge >= 0.3 is 0 Å². The van der Waals surface area contributed by atoms with Crippen LogP contribution in [-0.4, -0.2) is 42.9 Å². The first-order chi connectivity index (χ1) is 16.1. The maximum atomic E-state index is 12.8. The van der Waals surface area contributed by atoms with Crippen LogP contribution < -0.4 is 10.6 Å². The molecule has 0 saturated heterocycles. The van der Waals surface area contributed by atoms with Gasteiger partial charge in [-0.3, -0.25) is 9.78 Å². The monoisotopic (exact) mass is 442 g/mol. The van der Waals surface area contributed by atoms with Crippen molar-refractivity contribution in [3.8, 4) is 23.2 Å². The van der Waals surface area contributed by atoms with Crippen molar-refractivity contribution in [1.29, 1.82) is 0 Å². The van der Waals surface area contributed by atoms with E-state index in [1.807, 2.05) is 37.4 Å². The fourth-order valence-electron chi connectivity index (χ4n) is 3.49. The van der Waals surface area contributed by atoms with E-state index in [0.29, 0.717) is 29.5 Å². The molecule has 3 aromatic heterocycles. The number of ketones is 1. The average molecular weight is 442 g/mol. The molecule has 0 spiro atoms. The topological polar surface area (TPSA) is 137 Å². The second-order valence-electron chi connectivity index (χ2n) is 7.94. The quantitative estimate of drug-likeness (QED) is 0.402. The van der Waals surface area contributed by atoms with Gasteiger partial charge in [0, 0.05) is 30.9 Å². The van der Waals surface area contributed by atoms with Crippen molar-refractivity contribution in [2.75, 3.05) is 17.7 Å². The van der Waals surface area contributed by atoms with E-state index in [1.54, 1.807) is 23.2 Å². The molecule has 1 aliphatic carbocycles. The average Bonchev–Trinajstić information content (AvgIpc) is 3.55. The van der Waals surface area contributed by atoms with Crippen molar-refractivity contribution in [2.45, 2.75) is 25.7 Å². The minimum absolute atomic E-state index is 0.0147.